The summed E-state index contributed by atoms with van der Waals surface area (Å²) in [4.78, 5) is 29.2. The van der Waals surface area contributed by atoms with E-state index in [0.717, 1.165) is 35.4 Å². The molecule has 2 aromatic carbocycles. The van der Waals surface area contributed by atoms with Crippen LogP contribution in [0.5, 0.6) is 0 Å². The van der Waals surface area contributed by atoms with Gasteiger partial charge in [0.2, 0.25) is 0 Å². The molecule has 8 nitrogen and oxygen atoms in total. The number of fused-ring (bicyclic) bond motifs is 2. The number of para-hydroxylation sites is 1. The number of rotatable bonds is 6. The Balaban J connectivity index is 1.39. The summed E-state index contributed by atoms with van der Waals surface area (Å²) in [5.74, 6) is -0.854. The Hall–Kier alpha value is -3.21. The van der Waals surface area contributed by atoms with Crippen LogP contribution >= 0.6 is 11.3 Å². The van der Waals surface area contributed by atoms with Gasteiger partial charge in [0.25, 0.3) is 15.9 Å². The lowest BCUT2D eigenvalue weighted by molar-refractivity contribution is 0.0526. The summed E-state index contributed by atoms with van der Waals surface area (Å²) in [7, 11) is -1.75. The van der Waals surface area contributed by atoms with Crippen molar-refractivity contribution in [3.05, 3.63) is 75.7 Å². The molecule has 37 heavy (non-hydrogen) atoms. The third-order valence-electron chi connectivity index (χ3n) is 6.73. The molecule has 0 spiro atoms. The van der Waals surface area contributed by atoms with Gasteiger partial charge in [-0.2, -0.15) is 0 Å². The highest BCUT2D eigenvalue weighted by atomic mass is 32.2. The lowest BCUT2D eigenvalue weighted by Gasteiger charge is -2.30. The normalized spacial score (nSPS) is 15.6. The molecule has 2 aliphatic rings. The van der Waals surface area contributed by atoms with Crippen LogP contribution in [0, 0.1) is 0 Å². The highest BCUT2D eigenvalue weighted by molar-refractivity contribution is 7.92. The number of esters is 1. The molecular formula is C27H29N3O5S2. The number of carbonyl (C=O) groups excluding carboxylic acids is 2. The summed E-state index contributed by atoms with van der Waals surface area (Å²) < 4.78 is 33.5. The SMILES string of the molecule is CCOC(=O)c1c(NC(=O)c2ccc(S(=O)(=O)N3CCCc4ccccc43)cc2)sc2c1CCN(C)C2. The molecule has 0 bridgehead atoms. The number of hydrogen-bond acceptors (Lipinski definition) is 7. The van der Waals surface area contributed by atoms with E-state index in [1.807, 2.05) is 31.3 Å². The maximum atomic E-state index is 13.4. The van der Waals surface area contributed by atoms with E-state index in [-0.39, 0.29) is 11.5 Å². The van der Waals surface area contributed by atoms with Gasteiger partial charge >= 0.3 is 5.97 Å². The van der Waals surface area contributed by atoms with E-state index in [1.54, 1.807) is 6.92 Å². The van der Waals surface area contributed by atoms with Gasteiger partial charge in [0, 0.05) is 30.1 Å². The fraction of sp³-hybridized carbons (Fsp3) is 0.333. The predicted molar refractivity (Wildman–Crippen MR) is 144 cm³/mol. The average Bonchev–Trinajstić information content (AvgIpc) is 3.25. The number of likely N-dealkylation sites (N-methyl/N-ethyl adjacent to an activating group) is 1. The summed E-state index contributed by atoms with van der Waals surface area (Å²) in [5.41, 5.74) is 3.37. The van der Waals surface area contributed by atoms with Crippen LogP contribution < -0.4 is 9.62 Å². The van der Waals surface area contributed by atoms with Crippen molar-refractivity contribution in [3.8, 4) is 0 Å². The molecule has 0 atom stereocenters. The quantitative estimate of drug-likeness (QED) is 0.469. The third-order valence-corrected chi connectivity index (χ3v) is 9.69. The van der Waals surface area contributed by atoms with Crippen molar-refractivity contribution in [1.29, 1.82) is 0 Å². The molecule has 1 amide bonds. The van der Waals surface area contributed by atoms with Crippen LogP contribution in [0.15, 0.2) is 53.4 Å². The number of aryl methyl sites for hydroxylation is 1. The maximum Gasteiger partial charge on any atom is 0.341 e. The minimum atomic E-state index is -3.77. The van der Waals surface area contributed by atoms with Gasteiger partial charge in [-0.05, 0) is 74.7 Å². The number of thiophene rings is 1. The van der Waals surface area contributed by atoms with Crippen LogP contribution in [-0.2, 0) is 34.1 Å². The molecule has 0 radical (unpaired) electrons. The van der Waals surface area contributed by atoms with Gasteiger partial charge in [-0.15, -0.1) is 11.3 Å². The van der Waals surface area contributed by atoms with Gasteiger partial charge in [-0.25, -0.2) is 13.2 Å². The van der Waals surface area contributed by atoms with Crippen molar-refractivity contribution in [3.63, 3.8) is 0 Å². The first-order chi connectivity index (χ1) is 17.8. The fourth-order valence-corrected chi connectivity index (χ4v) is 7.72. The van der Waals surface area contributed by atoms with Crippen LogP contribution in [0.3, 0.4) is 0 Å². The van der Waals surface area contributed by atoms with Gasteiger partial charge in [-0.3, -0.25) is 9.10 Å². The largest absolute Gasteiger partial charge is 0.462 e. The number of benzene rings is 2. The zero-order valence-electron chi connectivity index (χ0n) is 20.8. The molecule has 1 aromatic heterocycles. The summed E-state index contributed by atoms with van der Waals surface area (Å²) in [6.07, 6.45) is 2.30. The molecule has 3 heterocycles. The molecule has 0 fully saturated rings. The molecule has 1 N–H and O–H groups in total. The predicted octanol–water partition coefficient (Wildman–Crippen LogP) is 4.31. The van der Waals surface area contributed by atoms with Crippen LogP contribution in [0.4, 0.5) is 10.7 Å². The van der Waals surface area contributed by atoms with Gasteiger partial charge in [-0.1, -0.05) is 18.2 Å². The minimum absolute atomic E-state index is 0.127. The maximum absolute atomic E-state index is 13.4. The first kappa shape index (κ1) is 25.4. The van der Waals surface area contributed by atoms with Gasteiger partial charge in [0.15, 0.2) is 0 Å². The first-order valence-electron chi connectivity index (χ1n) is 12.3. The lowest BCUT2D eigenvalue weighted by Crippen LogP contribution is -2.35. The van der Waals surface area contributed by atoms with Crippen molar-refractivity contribution in [2.75, 3.05) is 36.4 Å². The Morgan fingerprint density at radius 3 is 2.57 bits per heavy atom. The summed E-state index contributed by atoms with van der Waals surface area (Å²) in [5, 5.41) is 3.34. The third kappa shape index (κ3) is 4.88. The Labute approximate surface area is 220 Å². The van der Waals surface area contributed by atoms with Gasteiger partial charge in [0.05, 0.1) is 22.8 Å². The van der Waals surface area contributed by atoms with E-state index in [4.69, 9.17) is 4.74 Å². The van der Waals surface area contributed by atoms with E-state index in [1.165, 1.54) is 39.9 Å². The zero-order chi connectivity index (χ0) is 26.2. The Morgan fingerprint density at radius 2 is 1.81 bits per heavy atom. The second-order valence-electron chi connectivity index (χ2n) is 9.20. The van der Waals surface area contributed by atoms with Crippen molar-refractivity contribution in [1.82, 2.24) is 4.90 Å². The number of amides is 1. The van der Waals surface area contributed by atoms with Crippen LogP contribution in [0.25, 0.3) is 0 Å². The summed E-state index contributed by atoms with van der Waals surface area (Å²) >= 11 is 1.39. The molecule has 0 unspecified atom stereocenters. The van der Waals surface area contributed by atoms with E-state index in [9.17, 15) is 18.0 Å². The molecule has 2 aliphatic heterocycles. The molecule has 10 heteroatoms. The molecule has 0 saturated carbocycles. The average molecular weight is 540 g/mol. The molecule has 194 valence electrons. The zero-order valence-corrected chi connectivity index (χ0v) is 22.5. The molecule has 0 aliphatic carbocycles. The highest BCUT2D eigenvalue weighted by Crippen LogP contribution is 2.38. The molecule has 5 rings (SSSR count). The topological polar surface area (TPSA) is 96.0 Å². The minimum Gasteiger partial charge on any atom is -0.462 e. The standard InChI is InChI=1S/C27H29N3O5S2/c1-3-35-27(32)24-21-14-16-29(2)17-23(21)36-26(24)28-25(31)19-10-12-20(13-11-19)37(33,34)30-15-6-8-18-7-4-5-9-22(18)30/h4-5,7,9-13H,3,6,8,14-17H2,1-2H3,(H,28,31). The second kappa shape index (κ2) is 10.3. The number of hydrogen-bond donors (Lipinski definition) is 1. The monoisotopic (exact) mass is 539 g/mol. The van der Waals surface area contributed by atoms with Gasteiger partial charge in [0.1, 0.15) is 5.00 Å². The van der Waals surface area contributed by atoms with Crippen molar-refractivity contribution >= 4 is 43.9 Å². The number of ether oxygens (including phenoxy) is 1. The van der Waals surface area contributed by atoms with Crippen molar-refractivity contribution in [2.45, 2.75) is 37.6 Å². The Kier molecular flexibility index (Phi) is 7.06. The number of nitrogens with zero attached hydrogens (tertiary/aromatic N) is 2. The first-order valence-corrected chi connectivity index (χ1v) is 14.6. The van der Waals surface area contributed by atoms with E-state index in [2.05, 4.69) is 10.2 Å². The number of nitrogens with one attached hydrogen (secondary N) is 1. The van der Waals surface area contributed by atoms with Crippen LogP contribution in [-0.4, -0.2) is 51.9 Å². The lowest BCUT2D eigenvalue weighted by atomic mass is 10.0. The van der Waals surface area contributed by atoms with Crippen LogP contribution in [0.1, 0.15) is 50.1 Å². The molecule has 0 saturated heterocycles. The highest BCUT2D eigenvalue weighted by Gasteiger charge is 2.30. The summed E-state index contributed by atoms with van der Waals surface area (Å²) in [6.45, 7) is 3.93. The van der Waals surface area contributed by atoms with Crippen LogP contribution in [0.2, 0.25) is 0 Å². The Bertz CT molecular complexity index is 1450. The van der Waals surface area contributed by atoms with E-state index in [0.29, 0.717) is 41.3 Å². The number of anilines is 2. The van der Waals surface area contributed by atoms with Crippen molar-refractivity contribution in [2.24, 2.45) is 0 Å². The number of carbonyl (C=O) groups is 2. The summed E-state index contributed by atoms with van der Waals surface area (Å²) in [6, 6.07) is 13.5. The van der Waals surface area contributed by atoms with E-state index >= 15 is 0 Å². The number of sulfonamides is 1. The van der Waals surface area contributed by atoms with E-state index < -0.39 is 21.9 Å². The fourth-order valence-electron chi connectivity index (χ4n) is 4.87. The second-order valence-corrected chi connectivity index (χ2v) is 12.2. The van der Waals surface area contributed by atoms with Gasteiger partial charge < -0.3 is 15.0 Å². The molecular weight excluding hydrogens is 510 g/mol. The molecule has 3 aromatic rings. The van der Waals surface area contributed by atoms with Crippen molar-refractivity contribution < 1.29 is 22.7 Å². The smallest absolute Gasteiger partial charge is 0.341 e. The Morgan fingerprint density at radius 1 is 1.05 bits per heavy atom.